The third-order valence-electron chi connectivity index (χ3n) is 5.19. The number of amides is 2. The smallest absolute Gasteiger partial charge is 0.220 e. The minimum Gasteiger partial charge on any atom is -0.364 e. The van der Waals surface area contributed by atoms with Crippen molar-refractivity contribution in [3.63, 3.8) is 0 Å². The normalized spacial score (nSPS) is 15.1. The van der Waals surface area contributed by atoms with E-state index in [0.717, 1.165) is 0 Å². The first-order valence-electron chi connectivity index (χ1n) is 12.1. The summed E-state index contributed by atoms with van der Waals surface area (Å²) in [6.07, 6.45) is 4.54. The molecule has 190 valence electrons. The summed E-state index contributed by atoms with van der Waals surface area (Å²) in [5.74, 6) is -0.466. The minimum absolute atomic E-state index is 0.136. The van der Waals surface area contributed by atoms with Crippen molar-refractivity contribution in [1.29, 1.82) is 0 Å². The van der Waals surface area contributed by atoms with Gasteiger partial charge in [0.1, 0.15) is 5.83 Å². The number of hydrogen-bond donors (Lipinski definition) is 3. The largest absolute Gasteiger partial charge is 0.364 e. The third kappa shape index (κ3) is 11.6. The fourth-order valence-corrected chi connectivity index (χ4v) is 3.39. The van der Waals surface area contributed by atoms with Gasteiger partial charge in [-0.15, -0.1) is 0 Å². The number of halogens is 1. The SMILES string of the molecule is CC.C[C@@H](CNC(=O)CC(C)(C)COC(O)c1ccccc1)NC(=O)CCC1=C(F)CCC=C1. The fraction of sp³-hybridized carbons (Fsp3) is 0.556. The molecule has 3 N–H and O–H groups in total. The zero-order chi connectivity index (χ0) is 25.6. The van der Waals surface area contributed by atoms with Crippen LogP contribution < -0.4 is 10.6 Å². The molecule has 0 radical (unpaired) electrons. The highest BCUT2D eigenvalue weighted by molar-refractivity contribution is 5.78. The van der Waals surface area contributed by atoms with Gasteiger partial charge in [0.25, 0.3) is 0 Å². The molecule has 0 bridgehead atoms. The molecular formula is C27H41FN2O4. The van der Waals surface area contributed by atoms with Gasteiger partial charge in [-0.3, -0.25) is 9.59 Å². The molecule has 34 heavy (non-hydrogen) atoms. The Labute approximate surface area is 203 Å². The molecule has 6 nitrogen and oxygen atoms in total. The molecule has 1 aliphatic rings. The van der Waals surface area contributed by atoms with Crippen LogP contribution in [0, 0.1) is 5.41 Å². The van der Waals surface area contributed by atoms with E-state index in [0.29, 0.717) is 36.9 Å². The van der Waals surface area contributed by atoms with Crippen LogP contribution in [0.25, 0.3) is 0 Å². The average Bonchev–Trinajstić information content (AvgIpc) is 2.82. The van der Waals surface area contributed by atoms with Crippen LogP contribution in [0.2, 0.25) is 0 Å². The topological polar surface area (TPSA) is 87.7 Å². The minimum atomic E-state index is -1.04. The van der Waals surface area contributed by atoms with Gasteiger partial charge in [-0.1, -0.05) is 70.2 Å². The van der Waals surface area contributed by atoms with Crippen LogP contribution in [-0.2, 0) is 14.3 Å². The Hall–Kier alpha value is -2.51. The van der Waals surface area contributed by atoms with Gasteiger partial charge in [-0.05, 0) is 30.8 Å². The molecule has 1 unspecified atom stereocenters. The summed E-state index contributed by atoms with van der Waals surface area (Å²) >= 11 is 0. The number of aliphatic hydroxyl groups excluding tert-OH is 1. The maximum Gasteiger partial charge on any atom is 0.220 e. The molecule has 1 aromatic rings. The highest BCUT2D eigenvalue weighted by atomic mass is 19.1. The summed E-state index contributed by atoms with van der Waals surface area (Å²) in [4.78, 5) is 24.4. The molecule has 0 fully saturated rings. The number of rotatable bonds is 12. The van der Waals surface area contributed by atoms with E-state index in [1.807, 2.05) is 58.9 Å². The third-order valence-corrected chi connectivity index (χ3v) is 5.19. The molecule has 0 spiro atoms. The lowest BCUT2D eigenvalue weighted by Crippen LogP contribution is -2.42. The molecule has 2 amide bonds. The summed E-state index contributed by atoms with van der Waals surface area (Å²) in [6, 6.07) is 8.82. The Morgan fingerprint density at radius 2 is 1.85 bits per heavy atom. The van der Waals surface area contributed by atoms with Crippen molar-refractivity contribution >= 4 is 11.8 Å². The summed E-state index contributed by atoms with van der Waals surface area (Å²) in [5, 5.41) is 15.8. The summed E-state index contributed by atoms with van der Waals surface area (Å²) < 4.78 is 19.3. The Balaban J connectivity index is 0.00000281. The Morgan fingerprint density at radius 3 is 2.50 bits per heavy atom. The van der Waals surface area contributed by atoms with Crippen LogP contribution in [0.15, 0.2) is 53.9 Å². The van der Waals surface area contributed by atoms with Gasteiger partial charge >= 0.3 is 0 Å². The lowest BCUT2D eigenvalue weighted by Gasteiger charge is -2.26. The van der Waals surface area contributed by atoms with Crippen LogP contribution in [0.1, 0.15) is 78.6 Å². The molecular weight excluding hydrogens is 435 g/mol. The molecule has 0 saturated heterocycles. The number of nitrogens with one attached hydrogen (secondary N) is 2. The van der Waals surface area contributed by atoms with E-state index in [1.165, 1.54) is 0 Å². The number of benzene rings is 1. The van der Waals surface area contributed by atoms with Crippen LogP contribution in [0.5, 0.6) is 0 Å². The first-order chi connectivity index (χ1) is 16.2. The first-order valence-corrected chi connectivity index (χ1v) is 12.1. The number of aliphatic hydroxyl groups is 1. The second-order valence-electron chi connectivity index (χ2n) is 9.06. The predicted octanol–water partition coefficient (Wildman–Crippen LogP) is 5.11. The molecule has 0 aliphatic heterocycles. The van der Waals surface area contributed by atoms with Crippen LogP contribution in [0.3, 0.4) is 0 Å². The van der Waals surface area contributed by atoms with Gasteiger partial charge < -0.3 is 20.5 Å². The van der Waals surface area contributed by atoms with Crippen LogP contribution >= 0.6 is 0 Å². The molecule has 2 atom stereocenters. The van der Waals surface area contributed by atoms with Crippen molar-refractivity contribution in [3.8, 4) is 0 Å². The summed E-state index contributed by atoms with van der Waals surface area (Å²) in [5.41, 5.74) is 0.780. The van der Waals surface area contributed by atoms with Crippen molar-refractivity contribution in [2.75, 3.05) is 13.2 Å². The maximum atomic E-state index is 13.7. The molecule has 0 heterocycles. The number of hydrogen-bond acceptors (Lipinski definition) is 4. The zero-order valence-electron chi connectivity index (χ0n) is 21.2. The monoisotopic (exact) mass is 476 g/mol. The summed E-state index contributed by atoms with van der Waals surface area (Å²) in [7, 11) is 0. The van der Waals surface area contributed by atoms with Crippen molar-refractivity contribution in [2.24, 2.45) is 5.41 Å². The average molecular weight is 477 g/mol. The van der Waals surface area contributed by atoms with Crippen molar-refractivity contribution < 1.29 is 23.8 Å². The van der Waals surface area contributed by atoms with E-state index in [4.69, 9.17) is 4.74 Å². The Bertz CT molecular complexity index is 821. The van der Waals surface area contributed by atoms with E-state index in [2.05, 4.69) is 10.6 Å². The van der Waals surface area contributed by atoms with E-state index < -0.39 is 11.7 Å². The lowest BCUT2D eigenvalue weighted by atomic mass is 9.90. The maximum absolute atomic E-state index is 13.7. The quantitative estimate of drug-likeness (QED) is 0.366. The van der Waals surface area contributed by atoms with Gasteiger partial charge in [0.2, 0.25) is 11.8 Å². The second-order valence-corrected chi connectivity index (χ2v) is 9.06. The van der Waals surface area contributed by atoms with E-state index in [-0.39, 0.29) is 43.1 Å². The van der Waals surface area contributed by atoms with E-state index in [9.17, 15) is 19.1 Å². The highest BCUT2D eigenvalue weighted by Gasteiger charge is 2.24. The summed E-state index contributed by atoms with van der Waals surface area (Å²) in [6.45, 7) is 10.1. The number of carbonyl (C=O) groups excluding carboxylic acids is 2. The van der Waals surface area contributed by atoms with E-state index >= 15 is 0 Å². The molecule has 7 heteroatoms. The molecule has 0 saturated carbocycles. The number of allylic oxidation sites excluding steroid dienone is 4. The van der Waals surface area contributed by atoms with Gasteiger partial charge in [-0.25, -0.2) is 4.39 Å². The Kier molecular flexibility index (Phi) is 13.4. The van der Waals surface area contributed by atoms with Gasteiger partial charge in [0, 0.05) is 37.4 Å². The number of carbonyl (C=O) groups is 2. The van der Waals surface area contributed by atoms with E-state index in [1.54, 1.807) is 18.2 Å². The molecule has 1 aromatic carbocycles. The molecule has 2 rings (SSSR count). The lowest BCUT2D eigenvalue weighted by molar-refractivity contribution is -0.136. The van der Waals surface area contributed by atoms with Gasteiger partial charge in [0.05, 0.1) is 6.61 Å². The van der Waals surface area contributed by atoms with Crippen LogP contribution in [-0.4, -0.2) is 36.1 Å². The Morgan fingerprint density at radius 1 is 1.18 bits per heavy atom. The fourth-order valence-electron chi connectivity index (χ4n) is 3.39. The zero-order valence-corrected chi connectivity index (χ0v) is 21.2. The standard InChI is InChI=1S/C25H35FN2O4.C2H6/c1-18(28-22(29)14-13-19-9-7-8-12-21(19)26)16-27-23(30)15-25(2,3)17-32-24(31)20-10-5-4-6-11-20;1-2/h4-7,9-11,18,24,31H,8,12-17H2,1-3H3,(H,27,30)(H,28,29);1-2H3/t18-,24?;/m0./s1. The molecule has 1 aliphatic carbocycles. The van der Waals surface area contributed by atoms with Crippen molar-refractivity contribution in [2.45, 2.75) is 79.1 Å². The highest BCUT2D eigenvalue weighted by Crippen LogP contribution is 2.25. The first kappa shape index (κ1) is 29.5. The van der Waals surface area contributed by atoms with Crippen molar-refractivity contribution in [3.05, 3.63) is 59.4 Å². The van der Waals surface area contributed by atoms with Crippen molar-refractivity contribution in [1.82, 2.24) is 10.6 Å². The number of ether oxygens (including phenoxy) is 1. The second kappa shape index (κ2) is 15.4. The van der Waals surface area contributed by atoms with Gasteiger partial charge in [0.15, 0.2) is 6.29 Å². The predicted molar refractivity (Wildman–Crippen MR) is 133 cm³/mol. The molecule has 0 aromatic heterocycles. The van der Waals surface area contributed by atoms with Gasteiger partial charge in [-0.2, -0.15) is 0 Å². The van der Waals surface area contributed by atoms with Crippen LogP contribution in [0.4, 0.5) is 4.39 Å².